The predicted molar refractivity (Wildman–Crippen MR) is 93.3 cm³/mol. The van der Waals surface area contributed by atoms with Crippen molar-refractivity contribution in [1.29, 1.82) is 0 Å². The lowest BCUT2D eigenvalue weighted by atomic mass is 10.2. The van der Waals surface area contributed by atoms with Crippen molar-refractivity contribution in [3.8, 4) is 0 Å². The standard InChI is InChI=1S/C16H15BrFNO5S/c1-23-15(21)8-14-19(13(20)9-25-14)5-2-6-24-16(22)11-7-10(18)3-4-12(11)17/h3-4,7-8H,2,5-6,9H2,1H3/b14-8+. The van der Waals surface area contributed by atoms with Gasteiger partial charge in [0, 0.05) is 11.0 Å². The lowest BCUT2D eigenvalue weighted by molar-refractivity contribution is -0.134. The predicted octanol–water partition coefficient (Wildman–Crippen LogP) is 2.72. The van der Waals surface area contributed by atoms with Crippen LogP contribution in [0.25, 0.3) is 0 Å². The third-order valence-electron chi connectivity index (χ3n) is 3.26. The lowest BCUT2D eigenvalue weighted by Crippen LogP contribution is -2.27. The summed E-state index contributed by atoms with van der Waals surface area (Å²) in [6.07, 6.45) is 1.63. The summed E-state index contributed by atoms with van der Waals surface area (Å²) in [5.41, 5.74) is 0.0964. The molecule has 0 aliphatic carbocycles. The largest absolute Gasteiger partial charge is 0.466 e. The van der Waals surface area contributed by atoms with Crippen LogP contribution in [0.3, 0.4) is 0 Å². The van der Waals surface area contributed by atoms with Crippen LogP contribution in [-0.4, -0.2) is 48.8 Å². The Labute approximate surface area is 156 Å². The van der Waals surface area contributed by atoms with E-state index in [1.165, 1.54) is 42.0 Å². The second-order valence-electron chi connectivity index (χ2n) is 4.95. The molecule has 0 unspecified atom stereocenters. The Bertz CT molecular complexity index is 724. The van der Waals surface area contributed by atoms with Crippen LogP contribution in [0, 0.1) is 5.82 Å². The van der Waals surface area contributed by atoms with Gasteiger partial charge in [-0.3, -0.25) is 4.79 Å². The molecule has 1 saturated heterocycles. The Balaban J connectivity index is 1.86. The molecule has 2 rings (SSSR count). The van der Waals surface area contributed by atoms with Crippen LogP contribution in [0.2, 0.25) is 0 Å². The monoisotopic (exact) mass is 431 g/mol. The van der Waals surface area contributed by atoms with Crippen LogP contribution in [0.1, 0.15) is 16.8 Å². The lowest BCUT2D eigenvalue weighted by Gasteiger charge is -2.16. The van der Waals surface area contributed by atoms with E-state index in [1.54, 1.807) is 0 Å². The van der Waals surface area contributed by atoms with Crippen LogP contribution >= 0.6 is 27.7 Å². The van der Waals surface area contributed by atoms with Crippen molar-refractivity contribution in [2.24, 2.45) is 0 Å². The van der Waals surface area contributed by atoms with E-state index in [1.807, 2.05) is 0 Å². The summed E-state index contributed by atoms with van der Waals surface area (Å²) in [7, 11) is 1.26. The molecular formula is C16H15BrFNO5S. The molecule has 1 amide bonds. The summed E-state index contributed by atoms with van der Waals surface area (Å²) >= 11 is 4.41. The van der Waals surface area contributed by atoms with Gasteiger partial charge in [-0.2, -0.15) is 0 Å². The molecule has 0 N–H and O–H groups in total. The smallest absolute Gasteiger partial charge is 0.339 e. The highest BCUT2D eigenvalue weighted by Gasteiger charge is 2.27. The fraction of sp³-hybridized carbons (Fsp3) is 0.312. The summed E-state index contributed by atoms with van der Waals surface area (Å²) < 4.78 is 23.3. The number of hydrogen-bond donors (Lipinski definition) is 0. The van der Waals surface area contributed by atoms with Gasteiger partial charge in [-0.25, -0.2) is 14.0 Å². The number of methoxy groups -OCH3 is 1. The van der Waals surface area contributed by atoms with Crippen LogP contribution in [0.4, 0.5) is 4.39 Å². The van der Waals surface area contributed by atoms with Crippen molar-refractivity contribution in [2.75, 3.05) is 26.0 Å². The van der Waals surface area contributed by atoms with Crippen LogP contribution in [0.15, 0.2) is 33.8 Å². The zero-order valence-corrected chi connectivity index (χ0v) is 15.7. The number of hydrogen-bond acceptors (Lipinski definition) is 6. The second kappa shape index (κ2) is 9.00. The van der Waals surface area contributed by atoms with E-state index in [2.05, 4.69) is 20.7 Å². The second-order valence-corrected chi connectivity index (χ2v) is 6.80. The van der Waals surface area contributed by atoms with Crippen molar-refractivity contribution < 1.29 is 28.2 Å². The quantitative estimate of drug-likeness (QED) is 0.391. The maximum atomic E-state index is 13.2. The number of esters is 2. The zero-order chi connectivity index (χ0) is 18.4. The molecule has 1 aromatic carbocycles. The molecule has 0 spiro atoms. The van der Waals surface area contributed by atoms with Gasteiger partial charge in [0.2, 0.25) is 5.91 Å². The van der Waals surface area contributed by atoms with Gasteiger partial charge in [-0.1, -0.05) is 11.8 Å². The maximum Gasteiger partial charge on any atom is 0.339 e. The van der Waals surface area contributed by atoms with Gasteiger partial charge >= 0.3 is 11.9 Å². The van der Waals surface area contributed by atoms with Crippen molar-refractivity contribution >= 4 is 45.5 Å². The van der Waals surface area contributed by atoms with E-state index < -0.39 is 17.8 Å². The normalized spacial score (nSPS) is 15.6. The molecule has 0 bridgehead atoms. The highest BCUT2D eigenvalue weighted by atomic mass is 79.9. The number of carbonyl (C=O) groups excluding carboxylic acids is 3. The first kappa shape index (κ1) is 19.5. The molecule has 1 aliphatic rings. The Kier molecular flexibility index (Phi) is 7.01. The number of halogens is 2. The third-order valence-corrected chi connectivity index (χ3v) is 4.98. The fourth-order valence-electron chi connectivity index (χ4n) is 2.05. The summed E-state index contributed by atoms with van der Waals surface area (Å²) in [5, 5.41) is 0.510. The molecule has 1 aromatic rings. The van der Waals surface area contributed by atoms with Crippen molar-refractivity contribution in [3.05, 3.63) is 45.2 Å². The molecule has 1 heterocycles. The minimum Gasteiger partial charge on any atom is -0.466 e. The van der Waals surface area contributed by atoms with E-state index in [9.17, 15) is 18.8 Å². The van der Waals surface area contributed by atoms with Crippen LogP contribution in [-0.2, 0) is 19.1 Å². The SMILES string of the molecule is COC(=O)/C=C1/SCC(=O)N1CCCOC(=O)c1cc(F)ccc1Br. The molecule has 0 saturated carbocycles. The van der Waals surface area contributed by atoms with Crippen molar-refractivity contribution in [2.45, 2.75) is 6.42 Å². The third kappa shape index (κ3) is 5.30. The van der Waals surface area contributed by atoms with Gasteiger partial charge in [0.15, 0.2) is 0 Å². The number of benzene rings is 1. The molecule has 1 aliphatic heterocycles. The van der Waals surface area contributed by atoms with E-state index in [4.69, 9.17) is 4.74 Å². The molecule has 25 heavy (non-hydrogen) atoms. The van der Waals surface area contributed by atoms with E-state index in [-0.39, 0.29) is 23.8 Å². The highest BCUT2D eigenvalue weighted by molar-refractivity contribution is 9.10. The molecule has 0 atom stereocenters. The van der Waals surface area contributed by atoms with Crippen molar-refractivity contribution in [3.63, 3.8) is 0 Å². The number of nitrogens with zero attached hydrogens (tertiary/aromatic N) is 1. The maximum absolute atomic E-state index is 13.2. The fourth-order valence-corrected chi connectivity index (χ4v) is 3.41. The first-order valence-corrected chi connectivity index (χ1v) is 9.05. The zero-order valence-electron chi connectivity index (χ0n) is 13.3. The van der Waals surface area contributed by atoms with E-state index >= 15 is 0 Å². The molecule has 1 fully saturated rings. The number of amides is 1. The number of rotatable bonds is 6. The molecule has 9 heteroatoms. The average molecular weight is 432 g/mol. The topological polar surface area (TPSA) is 72.9 Å². The number of thioether (sulfide) groups is 1. The summed E-state index contributed by atoms with van der Waals surface area (Å²) in [5.74, 6) is -1.60. The number of carbonyl (C=O) groups is 3. The Morgan fingerprint density at radius 3 is 2.92 bits per heavy atom. The molecule has 6 nitrogen and oxygen atoms in total. The summed E-state index contributed by atoms with van der Waals surface area (Å²) in [4.78, 5) is 36.5. The van der Waals surface area contributed by atoms with Gasteiger partial charge in [-0.15, -0.1) is 0 Å². The minimum atomic E-state index is -0.654. The van der Waals surface area contributed by atoms with Gasteiger partial charge in [0.05, 0.1) is 36.1 Å². The first-order valence-electron chi connectivity index (χ1n) is 7.27. The molecular weight excluding hydrogens is 417 g/mol. The first-order chi connectivity index (χ1) is 11.9. The van der Waals surface area contributed by atoms with E-state index in [0.717, 1.165) is 6.07 Å². The van der Waals surface area contributed by atoms with Gasteiger partial charge in [0.1, 0.15) is 5.82 Å². The Hall–Kier alpha value is -1.87. The van der Waals surface area contributed by atoms with Crippen molar-refractivity contribution in [1.82, 2.24) is 4.90 Å². The highest BCUT2D eigenvalue weighted by Crippen LogP contribution is 2.28. The number of ether oxygens (including phenoxy) is 2. The average Bonchev–Trinajstić information content (AvgIpc) is 2.93. The van der Waals surface area contributed by atoms with Gasteiger partial charge in [-0.05, 0) is 40.5 Å². The Morgan fingerprint density at radius 1 is 1.44 bits per heavy atom. The molecule has 0 radical (unpaired) electrons. The van der Waals surface area contributed by atoms with Crippen LogP contribution < -0.4 is 0 Å². The van der Waals surface area contributed by atoms with Gasteiger partial charge in [0.25, 0.3) is 0 Å². The molecule has 0 aromatic heterocycles. The Morgan fingerprint density at radius 2 is 2.20 bits per heavy atom. The van der Waals surface area contributed by atoms with Crippen LogP contribution in [0.5, 0.6) is 0 Å². The minimum absolute atomic E-state index is 0.0573. The van der Waals surface area contributed by atoms with Gasteiger partial charge < -0.3 is 14.4 Å². The van der Waals surface area contributed by atoms with E-state index in [0.29, 0.717) is 22.5 Å². The molecule has 134 valence electrons. The summed E-state index contributed by atoms with van der Waals surface area (Å²) in [6.45, 7) is 0.355. The summed E-state index contributed by atoms with van der Waals surface area (Å²) in [6, 6.07) is 3.74.